The smallest absolute Gasteiger partial charge is 0.0701 e. The highest BCUT2D eigenvalue weighted by atomic mass is 16.6. The van der Waals surface area contributed by atoms with Gasteiger partial charge in [-0.1, -0.05) is 36.4 Å². The van der Waals surface area contributed by atoms with Crippen molar-refractivity contribution in [3.63, 3.8) is 0 Å². The molecule has 0 fully saturated rings. The van der Waals surface area contributed by atoms with Crippen LogP contribution in [0.4, 0.5) is 11.4 Å². The van der Waals surface area contributed by atoms with Crippen LogP contribution in [-0.4, -0.2) is 71.6 Å². The van der Waals surface area contributed by atoms with Gasteiger partial charge in [0.25, 0.3) is 0 Å². The van der Waals surface area contributed by atoms with Gasteiger partial charge in [-0.05, 0) is 29.5 Å². The van der Waals surface area contributed by atoms with Crippen LogP contribution in [0, 0.1) is 0 Å². The molecule has 0 spiro atoms. The molecule has 1 aromatic heterocycles. The van der Waals surface area contributed by atoms with Gasteiger partial charge in [0.1, 0.15) is 0 Å². The van der Waals surface area contributed by atoms with Crippen LogP contribution in [-0.2, 0) is 30.1 Å². The number of ether oxygens (including phenoxy) is 5. The number of hydrogen-bond donors (Lipinski definition) is 1. The molecule has 3 rings (SSSR count). The minimum atomic E-state index is 0.548. The Morgan fingerprint density at radius 1 is 0.667 bits per heavy atom. The van der Waals surface area contributed by atoms with E-state index in [0.29, 0.717) is 59.5 Å². The molecule has 178 valence electrons. The number of benzene rings is 2. The van der Waals surface area contributed by atoms with Crippen LogP contribution < -0.4 is 5.32 Å². The van der Waals surface area contributed by atoms with Crippen molar-refractivity contribution in [3.05, 3.63) is 66.5 Å². The number of anilines is 2. The molecule has 1 N–H and O–H groups in total. The Balaban J connectivity index is 1.35. The molecule has 33 heavy (non-hydrogen) atoms. The first-order chi connectivity index (χ1) is 16.4. The lowest BCUT2D eigenvalue weighted by molar-refractivity contribution is -0.00751. The van der Waals surface area contributed by atoms with E-state index in [1.807, 2.05) is 12.1 Å². The lowest BCUT2D eigenvalue weighted by Gasteiger charge is -2.15. The number of pyridine rings is 1. The van der Waals surface area contributed by atoms with E-state index in [0.717, 1.165) is 17.8 Å². The zero-order chi connectivity index (χ0) is 23.0. The van der Waals surface area contributed by atoms with Crippen molar-refractivity contribution in [1.29, 1.82) is 0 Å². The Morgan fingerprint density at radius 3 is 1.94 bits per heavy atom. The highest BCUT2D eigenvalue weighted by Gasteiger charge is 2.08. The second kappa shape index (κ2) is 15.3. The molecule has 0 atom stereocenters. The van der Waals surface area contributed by atoms with Gasteiger partial charge in [-0.15, -0.1) is 0 Å². The zero-order valence-electron chi connectivity index (χ0n) is 19.3. The van der Waals surface area contributed by atoms with Gasteiger partial charge in [-0.25, -0.2) is 0 Å². The van der Waals surface area contributed by atoms with Crippen molar-refractivity contribution in [3.8, 4) is 0 Å². The monoisotopic (exact) mass is 454 g/mol. The summed E-state index contributed by atoms with van der Waals surface area (Å²) in [7, 11) is 1.66. The van der Waals surface area contributed by atoms with Crippen LogP contribution in [0.1, 0.15) is 5.56 Å². The van der Waals surface area contributed by atoms with Crippen LogP contribution in [0.5, 0.6) is 0 Å². The Hall–Kier alpha value is -2.55. The third-order valence-electron chi connectivity index (χ3n) is 5.03. The normalized spacial score (nSPS) is 11.2. The van der Waals surface area contributed by atoms with Gasteiger partial charge < -0.3 is 29.0 Å². The van der Waals surface area contributed by atoms with E-state index in [2.05, 4.69) is 46.7 Å². The number of nitrogens with zero attached hydrogens (tertiary/aromatic N) is 1. The Morgan fingerprint density at radius 2 is 1.27 bits per heavy atom. The standard InChI is InChI=1S/C26H34N2O5/c1-29-14-15-31-18-19-33-21-20-32-17-16-30-13-10-23-7-6-22-4-2-3-5-25(22)26(23)28-24-8-11-27-12-9-24/h2-9,11-12H,10,13-21H2,1H3,(H,27,28). The third kappa shape index (κ3) is 9.07. The summed E-state index contributed by atoms with van der Waals surface area (Å²) in [4.78, 5) is 4.10. The van der Waals surface area contributed by atoms with E-state index < -0.39 is 0 Å². The van der Waals surface area contributed by atoms with E-state index in [1.54, 1.807) is 19.5 Å². The lowest BCUT2D eigenvalue weighted by Crippen LogP contribution is -2.13. The molecule has 0 aliphatic heterocycles. The quantitative estimate of drug-likeness (QED) is 0.306. The average molecular weight is 455 g/mol. The van der Waals surface area contributed by atoms with E-state index in [-0.39, 0.29) is 0 Å². The molecule has 2 aromatic carbocycles. The summed E-state index contributed by atoms with van der Waals surface area (Å²) in [6.07, 6.45) is 4.39. The minimum Gasteiger partial charge on any atom is -0.382 e. The average Bonchev–Trinajstić information content (AvgIpc) is 2.86. The molecule has 0 radical (unpaired) electrons. The summed E-state index contributed by atoms with van der Waals surface area (Å²) in [5, 5.41) is 5.96. The SMILES string of the molecule is COCCOCCOCCOCCOCCc1ccc2ccccc2c1Nc1ccncc1. The number of rotatable bonds is 17. The fourth-order valence-electron chi connectivity index (χ4n) is 3.34. The predicted octanol–water partition coefficient (Wildman–Crippen LogP) is 4.23. The first kappa shape index (κ1) is 25.1. The topological polar surface area (TPSA) is 71.1 Å². The molecule has 7 nitrogen and oxygen atoms in total. The second-order valence-corrected chi connectivity index (χ2v) is 7.37. The van der Waals surface area contributed by atoms with Crippen LogP contribution >= 0.6 is 0 Å². The summed E-state index contributed by atoms with van der Waals surface area (Å²) in [5.41, 5.74) is 3.34. The second-order valence-electron chi connectivity index (χ2n) is 7.37. The predicted molar refractivity (Wildman–Crippen MR) is 130 cm³/mol. The van der Waals surface area contributed by atoms with Crippen molar-refractivity contribution in [2.75, 3.05) is 71.9 Å². The molecule has 0 saturated heterocycles. The van der Waals surface area contributed by atoms with Gasteiger partial charge in [0.2, 0.25) is 0 Å². The number of hydrogen-bond acceptors (Lipinski definition) is 7. The molecule has 0 saturated carbocycles. The largest absolute Gasteiger partial charge is 0.382 e. The molecule has 7 heteroatoms. The van der Waals surface area contributed by atoms with E-state index >= 15 is 0 Å². The molecular weight excluding hydrogens is 420 g/mol. The van der Waals surface area contributed by atoms with Gasteiger partial charge in [0.05, 0.1) is 59.5 Å². The molecule has 1 heterocycles. The molecule has 0 bridgehead atoms. The van der Waals surface area contributed by atoms with Crippen LogP contribution in [0.15, 0.2) is 60.9 Å². The zero-order valence-corrected chi connectivity index (χ0v) is 19.3. The van der Waals surface area contributed by atoms with E-state index in [9.17, 15) is 0 Å². The number of aromatic nitrogens is 1. The summed E-state index contributed by atoms with van der Waals surface area (Å²) < 4.78 is 27.1. The fraction of sp³-hybridized carbons (Fsp3) is 0.423. The minimum absolute atomic E-state index is 0.548. The van der Waals surface area contributed by atoms with Crippen molar-refractivity contribution in [2.45, 2.75) is 6.42 Å². The molecule has 3 aromatic rings. The molecule has 0 aliphatic carbocycles. The number of methoxy groups -OCH3 is 1. The van der Waals surface area contributed by atoms with Gasteiger partial charge >= 0.3 is 0 Å². The van der Waals surface area contributed by atoms with Crippen molar-refractivity contribution >= 4 is 22.1 Å². The number of fused-ring (bicyclic) bond motifs is 1. The maximum atomic E-state index is 5.80. The first-order valence-electron chi connectivity index (χ1n) is 11.4. The number of nitrogens with one attached hydrogen (secondary N) is 1. The summed E-state index contributed by atoms with van der Waals surface area (Å²) in [5.74, 6) is 0. The van der Waals surface area contributed by atoms with E-state index in [4.69, 9.17) is 23.7 Å². The van der Waals surface area contributed by atoms with Crippen molar-refractivity contribution in [2.24, 2.45) is 0 Å². The van der Waals surface area contributed by atoms with Crippen molar-refractivity contribution < 1.29 is 23.7 Å². The molecule has 0 aliphatic rings. The molecular formula is C26H34N2O5. The van der Waals surface area contributed by atoms with Gasteiger partial charge in [-0.2, -0.15) is 0 Å². The third-order valence-corrected chi connectivity index (χ3v) is 5.03. The fourth-order valence-corrected chi connectivity index (χ4v) is 3.34. The van der Waals surface area contributed by atoms with Crippen LogP contribution in [0.3, 0.4) is 0 Å². The summed E-state index contributed by atoms with van der Waals surface area (Å²) in [6.45, 7) is 5.16. The molecule has 0 unspecified atom stereocenters. The maximum Gasteiger partial charge on any atom is 0.0701 e. The molecule has 0 amide bonds. The first-order valence-corrected chi connectivity index (χ1v) is 11.4. The summed E-state index contributed by atoms with van der Waals surface area (Å²) >= 11 is 0. The van der Waals surface area contributed by atoms with Gasteiger partial charge in [0, 0.05) is 36.3 Å². The Kier molecular flexibility index (Phi) is 11.6. The summed E-state index contributed by atoms with van der Waals surface area (Å²) in [6, 6.07) is 16.7. The highest BCUT2D eigenvalue weighted by molar-refractivity contribution is 5.97. The van der Waals surface area contributed by atoms with Crippen LogP contribution in [0.25, 0.3) is 10.8 Å². The van der Waals surface area contributed by atoms with Crippen molar-refractivity contribution in [1.82, 2.24) is 4.98 Å². The van der Waals surface area contributed by atoms with E-state index in [1.165, 1.54) is 16.3 Å². The van der Waals surface area contributed by atoms with Gasteiger partial charge in [-0.3, -0.25) is 4.98 Å². The van der Waals surface area contributed by atoms with Gasteiger partial charge in [0.15, 0.2) is 0 Å². The lowest BCUT2D eigenvalue weighted by atomic mass is 10.0. The Bertz CT molecular complexity index is 923. The van der Waals surface area contributed by atoms with Crippen LogP contribution in [0.2, 0.25) is 0 Å². The Labute approximate surface area is 196 Å². The maximum absolute atomic E-state index is 5.80. The highest BCUT2D eigenvalue weighted by Crippen LogP contribution is 2.30.